The van der Waals surface area contributed by atoms with Crippen LogP contribution in [0.25, 0.3) is 11.0 Å². The van der Waals surface area contributed by atoms with E-state index in [2.05, 4.69) is 0 Å². The van der Waals surface area contributed by atoms with Crippen LogP contribution in [0.4, 0.5) is 0 Å². The number of carbonyl (C=O) groups is 1. The molecular weight excluding hydrogens is 244 g/mol. The Balaban J connectivity index is 2.58. The van der Waals surface area contributed by atoms with Crippen LogP contribution in [0.5, 0.6) is 0 Å². The number of carboxylic acid groups (broad SMARTS) is 1. The van der Waals surface area contributed by atoms with Gasteiger partial charge in [-0.05, 0) is 18.2 Å². The highest BCUT2D eigenvalue weighted by Gasteiger charge is 2.14. The largest absolute Gasteiger partial charge is 0.478 e. The zero-order valence-electron chi connectivity index (χ0n) is 9.00. The third-order valence-electron chi connectivity index (χ3n) is 2.25. The maximum absolute atomic E-state index is 11.1. The zero-order valence-corrected chi connectivity index (χ0v) is 9.82. The van der Waals surface area contributed by atoms with Gasteiger partial charge in [0.1, 0.15) is 17.1 Å². The number of fused-ring (bicyclic) bond motifs is 1. The molecule has 1 aromatic carbocycles. The Morgan fingerprint density at radius 2 is 2.12 bits per heavy atom. The number of furan rings is 1. The Kier molecular flexibility index (Phi) is 2.66. The van der Waals surface area contributed by atoms with Crippen molar-refractivity contribution in [3.63, 3.8) is 0 Å². The van der Waals surface area contributed by atoms with E-state index in [-0.39, 0.29) is 17.1 Å². The molecule has 90 valence electrons. The summed E-state index contributed by atoms with van der Waals surface area (Å²) in [7, 11) is -3.20. The van der Waals surface area contributed by atoms with Crippen molar-refractivity contribution >= 4 is 26.8 Å². The van der Waals surface area contributed by atoms with E-state index in [1.165, 1.54) is 12.1 Å². The molecule has 1 heterocycles. The summed E-state index contributed by atoms with van der Waals surface area (Å²) in [4.78, 5) is 10.9. The fourth-order valence-corrected chi connectivity index (χ4v) is 2.29. The van der Waals surface area contributed by atoms with Crippen LogP contribution >= 0.6 is 0 Å². The Hall–Kier alpha value is -1.82. The lowest BCUT2D eigenvalue weighted by molar-refractivity contribution is 0.0699. The van der Waals surface area contributed by atoms with Crippen molar-refractivity contribution in [3.05, 3.63) is 35.6 Å². The van der Waals surface area contributed by atoms with Crippen molar-refractivity contribution in [2.45, 2.75) is 5.75 Å². The number of rotatable bonds is 3. The van der Waals surface area contributed by atoms with Gasteiger partial charge in [-0.2, -0.15) is 0 Å². The molecule has 1 N–H and O–H groups in total. The molecule has 6 heteroatoms. The van der Waals surface area contributed by atoms with Crippen molar-refractivity contribution in [3.8, 4) is 0 Å². The summed E-state index contributed by atoms with van der Waals surface area (Å²) in [5.41, 5.74) is 0.481. The van der Waals surface area contributed by atoms with E-state index in [4.69, 9.17) is 9.52 Å². The minimum absolute atomic E-state index is 0.103. The number of hydrogen-bond donors (Lipinski definition) is 1. The van der Waals surface area contributed by atoms with Crippen LogP contribution < -0.4 is 0 Å². The molecule has 5 nitrogen and oxygen atoms in total. The smallest absolute Gasteiger partial charge is 0.336 e. The van der Waals surface area contributed by atoms with E-state index in [0.717, 1.165) is 6.26 Å². The Labute approximate surface area is 97.6 Å². The molecule has 0 fully saturated rings. The van der Waals surface area contributed by atoms with Gasteiger partial charge in [0.25, 0.3) is 0 Å². The second kappa shape index (κ2) is 3.89. The summed E-state index contributed by atoms with van der Waals surface area (Å²) >= 11 is 0. The van der Waals surface area contributed by atoms with Gasteiger partial charge in [-0.15, -0.1) is 0 Å². The second-order valence-corrected chi connectivity index (χ2v) is 5.95. The summed E-state index contributed by atoms with van der Waals surface area (Å²) in [5, 5.41) is 9.38. The van der Waals surface area contributed by atoms with Gasteiger partial charge in [0.05, 0.1) is 5.56 Å². The molecule has 1 aromatic heterocycles. The Morgan fingerprint density at radius 3 is 2.71 bits per heavy atom. The van der Waals surface area contributed by atoms with Crippen molar-refractivity contribution in [2.24, 2.45) is 0 Å². The Bertz CT molecular complexity index is 681. The highest BCUT2D eigenvalue weighted by Crippen LogP contribution is 2.24. The quantitative estimate of drug-likeness (QED) is 0.900. The average molecular weight is 254 g/mol. The van der Waals surface area contributed by atoms with Crippen LogP contribution in [0.15, 0.2) is 28.7 Å². The predicted octanol–water partition coefficient (Wildman–Crippen LogP) is 1.68. The first-order chi connectivity index (χ1) is 7.87. The SMILES string of the molecule is CS(=O)(=O)Cc1cc2c(C(=O)O)cccc2o1. The molecule has 2 rings (SSSR count). The number of hydrogen-bond acceptors (Lipinski definition) is 4. The maximum atomic E-state index is 11.1. The molecule has 0 unspecified atom stereocenters. The normalized spacial score (nSPS) is 11.8. The van der Waals surface area contributed by atoms with Crippen LogP contribution in [0.3, 0.4) is 0 Å². The van der Waals surface area contributed by atoms with E-state index in [1.54, 1.807) is 12.1 Å². The molecule has 0 aliphatic heterocycles. The first-order valence-corrected chi connectivity index (χ1v) is 6.85. The summed E-state index contributed by atoms with van der Waals surface area (Å²) in [6.07, 6.45) is 1.10. The van der Waals surface area contributed by atoms with Crippen molar-refractivity contribution in [2.75, 3.05) is 6.26 Å². The van der Waals surface area contributed by atoms with Gasteiger partial charge >= 0.3 is 5.97 Å². The van der Waals surface area contributed by atoms with Gasteiger partial charge in [-0.3, -0.25) is 0 Å². The molecule has 17 heavy (non-hydrogen) atoms. The lowest BCUT2D eigenvalue weighted by Gasteiger charge is -1.93. The van der Waals surface area contributed by atoms with E-state index in [9.17, 15) is 13.2 Å². The molecule has 0 radical (unpaired) electrons. The second-order valence-electron chi connectivity index (χ2n) is 3.81. The summed E-state index contributed by atoms with van der Waals surface area (Å²) in [5.74, 6) is -1.06. The summed E-state index contributed by atoms with van der Waals surface area (Å²) < 4.78 is 27.5. The third-order valence-corrected chi connectivity index (χ3v) is 3.06. The van der Waals surface area contributed by atoms with Crippen molar-refractivity contribution in [1.82, 2.24) is 0 Å². The molecular formula is C11H10O5S. The number of benzene rings is 1. The summed E-state index contributed by atoms with van der Waals surface area (Å²) in [6, 6.07) is 6.07. The minimum Gasteiger partial charge on any atom is -0.478 e. The number of carboxylic acids is 1. The van der Waals surface area contributed by atoms with E-state index < -0.39 is 15.8 Å². The average Bonchev–Trinajstić information content (AvgIpc) is 2.55. The van der Waals surface area contributed by atoms with E-state index >= 15 is 0 Å². The maximum Gasteiger partial charge on any atom is 0.336 e. The topological polar surface area (TPSA) is 84.6 Å². The summed E-state index contributed by atoms with van der Waals surface area (Å²) in [6.45, 7) is 0. The predicted molar refractivity (Wildman–Crippen MR) is 61.7 cm³/mol. The zero-order chi connectivity index (χ0) is 12.6. The molecule has 2 aromatic rings. The molecule has 0 spiro atoms. The van der Waals surface area contributed by atoms with Crippen LogP contribution in [0.2, 0.25) is 0 Å². The first-order valence-electron chi connectivity index (χ1n) is 4.79. The highest BCUT2D eigenvalue weighted by molar-refractivity contribution is 7.89. The van der Waals surface area contributed by atoms with Crippen LogP contribution in [-0.2, 0) is 15.6 Å². The lowest BCUT2D eigenvalue weighted by Crippen LogP contribution is -1.99. The lowest BCUT2D eigenvalue weighted by atomic mass is 10.1. The molecule has 0 saturated carbocycles. The molecule has 0 aliphatic carbocycles. The molecule has 0 amide bonds. The van der Waals surface area contributed by atoms with Crippen molar-refractivity contribution < 1.29 is 22.7 Å². The standard InChI is InChI=1S/C11H10O5S/c1-17(14,15)6-7-5-9-8(11(12)13)3-2-4-10(9)16-7/h2-5H,6H2,1H3,(H,12,13). The fraction of sp³-hybridized carbons (Fsp3) is 0.182. The Morgan fingerprint density at radius 1 is 1.41 bits per heavy atom. The molecule has 0 saturated heterocycles. The van der Waals surface area contributed by atoms with Gasteiger partial charge < -0.3 is 9.52 Å². The first kappa shape index (κ1) is 11.7. The number of aromatic carboxylic acids is 1. The highest BCUT2D eigenvalue weighted by atomic mass is 32.2. The molecule has 0 bridgehead atoms. The van der Waals surface area contributed by atoms with Crippen LogP contribution in [0, 0.1) is 0 Å². The number of sulfone groups is 1. The van der Waals surface area contributed by atoms with Gasteiger partial charge in [-0.25, -0.2) is 13.2 Å². The minimum atomic E-state index is -3.20. The van der Waals surface area contributed by atoms with Crippen LogP contribution in [-0.4, -0.2) is 25.7 Å². The van der Waals surface area contributed by atoms with Gasteiger partial charge in [0.15, 0.2) is 9.84 Å². The molecule has 0 aliphatic rings. The van der Waals surface area contributed by atoms with Crippen molar-refractivity contribution in [1.29, 1.82) is 0 Å². The van der Waals surface area contributed by atoms with Crippen LogP contribution in [0.1, 0.15) is 16.1 Å². The van der Waals surface area contributed by atoms with E-state index in [1.807, 2.05) is 0 Å². The van der Waals surface area contributed by atoms with Gasteiger partial charge in [-0.1, -0.05) is 6.07 Å². The van der Waals surface area contributed by atoms with Gasteiger partial charge in [0, 0.05) is 11.6 Å². The van der Waals surface area contributed by atoms with E-state index in [0.29, 0.717) is 11.0 Å². The molecule has 0 atom stereocenters. The van der Waals surface area contributed by atoms with Gasteiger partial charge in [0.2, 0.25) is 0 Å². The fourth-order valence-electron chi connectivity index (χ4n) is 1.63. The monoisotopic (exact) mass is 254 g/mol. The third kappa shape index (κ3) is 2.47.